The maximum absolute atomic E-state index is 12.1. The zero-order valence-electron chi connectivity index (χ0n) is 9.61. The Morgan fingerprint density at radius 3 is 2.75 bits per heavy atom. The molecule has 0 aromatic carbocycles. The molecule has 1 amide bonds. The fraction of sp³-hybridized carbons (Fsp3) is 0.583. The lowest BCUT2D eigenvalue weighted by Gasteiger charge is -2.31. The molecule has 88 valence electrons. The summed E-state index contributed by atoms with van der Waals surface area (Å²) in [6, 6.07) is 1.80. The summed E-state index contributed by atoms with van der Waals surface area (Å²) in [5.74, 6) is 0.909. The van der Waals surface area contributed by atoms with Crippen LogP contribution in [0.5, 0.6) is 0 Å². The van der Waals surface area contributed by atoms with Gasteiger partial charge in [-0.25, -0.2) is 0 Å². The number of rotatable bonds is 2. The lowest BCUT2D eigenvalue weighted by Crippen LogP contribution is -2.38. The van der Waals surface area contributed by atoms with Crippen LogP contribution < -0.4 is 5.73 Å². The van der Waals surface area contributed by atoms with Crippen LogP contribution in [0.1, 0.15) is 35.9 Å². The normalized spacial score (nSPS) is 17.7. The van der Waals surface area contributed by atoms with Crippen molar-refractivity contribution in [3.8, 4) is 0 Å². The summed E-state index contributed by atoms with van der Waals surface area (Å²) in [5.41, 5.74) is 6.38. The van der Waals surface area contributed by atoms with Crippen LogP contribution in [0.2, 0.25) is 0 Å². The standard InChI is InChI=1S/C12H18N2OS/c1-2-9-3-6-14(7-4-9)12(15)11-10(13)5-8-16-11/h5,8-9H,2-4,6-7,13H2,1H3. The second-order valence-corrected chi connectivity index (χ2v) is 5.27. The Morgan fingerprint density at radius 1 is 1.56 bits per heavy atom. The van der Waals surface area contributed by atoms with Crippen LogP contribution in [-0.4, -0.2) is 23.9 Å². The number of piperidine rings is 1. The average Bonchev–Trinajstić information content (AvgIpc) is 2.75. The Kier molecular flexibility index (Phi) is 3.49. The van der Waals surface area contributed by atoms with E-state index in [2.05, 4.69) is 6.92 Å². The molecule has 4 heteroatoms. The van der Waals surface area contributed by atoms with Crippen LogP contribution in [0.25, 0.3) is 0 Å². The van der Waals surface area contributed by atoms with Crippen molar-refractivity contribution in [3.63, 3.8) is 0 Å². The molecule has 1 aliphatic rings. The van der Waals surface area contributed by atoms with Gasteiger partial charge in [0.05, 0.1) is 5.69 Å². The number of nitrogens with two attached hydrogens (primary N) is 1. The summed E-state index contributed by atoms with van der Waals surface area (Å²) in [6.07, 6.45) is 3.49. The molecular weight excluding hydrogens is 220 g/mol. The zero-order chi connectivity index (χ0) is 11.5. The number of nitrogen functional groups attached to an aromatic ring is 1. The second kappa shape index (κ2) is 4.87. The number of nitrogens with zero attached hydrogens (tertiary/aromatic N) is 1. The van der Waals surface area contributed by atoms with Gasteiger partial charge >= 0.3 is 0 Å². The first kappa shape index (κ1) is 11.5. The Bertz CT molecular complexity index is 367. The third-order valence-corrected chi connectivity index (χ3v) is 4.29. The van der Waals surface area contributed by atoms with Crippen molar-refractivity contribution in [2.45, 2.75) is 26.2 Å². The Morgan fingerprint density at radius 2 is 2.25 bits per heavy atom. The van der Waals surface area contributed by atoms with E-state index in [-0.39, 0.29) is 5.91 Å². The van der Waals surface area contributed by atoms with E-state index in [0.717, 1.165) is 31.8 Å². The second-order valence-electron chi connectivity index (χ2n) is 4.35. The molecule has 1 fully saturated rings. The summed E-state index contributed by atoms with van der Waals surface area (Å²) in [7, 11) is 0. The van der Waals surface area contributed by atoms with Gasteiger partial charge in [0.1, 0.15) is 4.88 Å². The summed E-state index contributed by atoms with van der Waals surface area (Å²) in [6.45, 7) is 3.99. The number of hydrogen-bond acceptors (Lipinski definition) is 3. The molecule has 1 aliphatic heterocycles. The molecule has 2 rings (SSSR count). The number of anilines is 1. The van der Waals surface area contributed by atoms with Gasteiger partial charge in [0, 0.05) is 13.1 Å². The van der Waals surface area contributed by atoms with Crippen LogP contribution in [0, 0.1) is 5.92 Å². The number of amides is 1. The number of thiophene rings is 1. The molecule has 0 aliphatic carbocycles. The van der Waals surface area contributed by atoms with Crippen molar-refractivity contribution in [2.24, 2.45) is 5.92 Å². The first-order chi connectivity index (χ1) is 7.72. The zero-order valence-corrected chi connectivity index (χ0v) is 10.4. The monoisotopic (exact) mass is 238 g/mol. The van der Waals surface area contributed by atoms with Crippen LogP contribution in [-0.2, 0) is 0 Å². The molecule has 3 nitrogen and oxygen atoms in total. The largest absolute Gasteiger partial charge is 0.397 e. The molecule has 1 aromatic heterocycles. The van der Waals surface area contributed by atoms with Gasteiger partial charge in [-0.05, 0) is 30.2 Å². The van der Waals surface area contributed by atoms with E-state index in [0.29, 0.717) is 10.6 Å². The van der Waals surface area contributed by atoms with E-state index in [1.165, 1.54) is 17.8 Å². The first-order valence-electron chi connectivity index (χ1n) is 5.84. The fourth-order valence-electron chi connectivity index (χ4n) is 2.18. The predicted octanol–water partition coefficient (Wildman–Crippen LogP) is 2.59. The molecule has 0 spiro atoms. The summed E-state index contributed by atoms with van der Waals surface area (Å²) >= 11 is 1.44. The van der Waals surface area contributed by atoms with Crippen LogP contribution in [0.3, 0.4) is 0 Å². The number of carbonyl (C=O) groups is 1. The van der Waals surface area contributed by atoms with E-state index in [4.69, 9.17) is 5.73 Å². The molecule has 1 aromatic rings. The summed E-state index contributed by atoms with van der Waals surface area (Å²) < 4.78 is 0. The van der Waals surface area contributed by atoms with Gasteiger partial charge in [-0.3, -0.25) is 4.79 Å². The average molecular weight is 238 g/mol. The van der Waals surface area contributed by atoms with Gasteiger partial charge in [-0.2, -0.15) is 0 Å². The molecule has 2 N–H and O–H groups in total. The van der Waals surface area contributed by atoms with Crippen LogP contribution in [0.4, 0.5) is 5.69 Å². The SMILES string of the molecule is CCC1CCN(C(=O)c2sccc2N)CC1. The van der Waals surface area contributed by atoms with Gasteiger partial charge in [0.15, 0.2) is 0 Å². The van der Waals surface area contributed by atoms with Crippen molar-refractivity contribution in [2.75, 3.05) is 18.8 Å². The lowest BCUT2D eigenvalue weighted by molar-refractivity contribution is 0.0694. The topological polar surface area (TPSA) is 46.3 Å². The van der Waals surface area contributed by atoms with Gasteiger partial charge in [0.25, 0.3) is 5.91 Å². The molecule has 0 atom stereocenters. The smallest absolute Gasteiger partial charge is 0.266 e. The molecule has 0 unspecified atom stereocenters. The highest BCUT2D eigenvalue weighted by Crippen LogP contribution is 2.25. The highest BCUT2D eigenvalue weighted by molar-refractivity contribution is 7.12. The minimum absolute atomic E-state index is 0.113. The minimum Gasteiger partial charge on any atom is -0.397 e. The summed E-state index contributed by atoms with van der Waals surface area (Å²) in [4.78, 5) is 14.8. The van der Waals surface area contributed by atoms with Crippen molar-refractivity contribution in [3.05, 3.63) is 16.3 Å². The highest BCUT2D eigenvalue weighted by atomic mass is 32.1. The maximum Gasteiger partial charge on any atom is 0.266 e. The van der Waals surface area contributed by atoms with Crippen molar-refractivity contribution in [1.29, 1.82) is 0 Å². The summed E-state index contributed by atoms with van der Waals surface area (Å²) in [5, 5.41) is 1.88. The first-order valence-corrected chi connectivity index (χ1v) is 6.72. The molecule has 16 heavy (non-hydrogen) atoms. The fourth-order valence-corrected chi connectivity index (χ4v) is 2.97. The van der Waals surface area contributed by atoms with Crippen LogP contribution in [0.15, 0.2) is 11.4 Å². The van der Waals surface area contributed by atoms with Crippen molar-refractivity contribution in [1.82, 2.24) is 4.90 Å². The highest BCUT2D eigenvalue weighted by Gasteiger charge is 2.24. The van der Waals surface area contributed by atoms with Crippen molar-refractivity contribution < 1.29 is 4.79 Å². The number of carbonyl (C=O) groups excluding carboxylic acids is 1. The van der Waals surface area contributed by atoms with Gasteiger partial charge < -0.3 is 10.6 Å². The number of likely N-dealkylation sites (tertiary alicyclic amines) is 1. The number of hydrogen-bond donors (Lipinski definition) is 1. The van der Waals surface area contributed by atoms with E-state index >= 15 is 0 Å². The van der Waals surface area contributed by atoms with E-state index in [9.17, 15) is 4.79 Å². The maximum atomic E-state index is 12.1. The van der Waals surface area contributed by atoms with Gasteiger partial charge in [-0.1, -0.05) is 13.3 Å². The quantitative estimate of drug-likeness (QED) is 0.860. The molecular formula is C12H18N2OS. The lowest BCUT2D eigenvalue weighted by atomic mass is 9.94. The minimum atomic E-state index is 0.113. The van der Waals surface area contributed by atoms with Crippen molar-refractivity contribution >= 4 is 22.9 Å². The van der Waals surface area contributed by atoms with Crippen LogP contribution >= 0.6 is 11.3 Å². The van der Waals surface area contributed by atoms with Gasteiger partial charge in [-0.15, -0.1) is 11.3 Å². The Hall–Kier alpha value is -1.03. The van der Waals surface area contributed by atoms with E-state index < -0.39 is 0 Å². The predicted molar refractivity (Wildman–Crippen MR) is 67.6 cm³/mol. The third-order valence-electron chi connectivity index (χ3n) is 3.37. The Labute approximate surface area is 100 Å². The van der Waals surface area contributed by atoms with E-state index in [1.54, 1.807) is 6.07 Å². The molecule has 0 radical (unpaired) electrons. The molecule has 1 saturated heterocycles. The molecule has 2 heterocycles. The van der Waals surface area contributed by atoms with E-state index in [1.807, 2.05) is 10.3 Å². The molecule has 0 saturated carbocycles. The Balaban J connectivity index is 2.00. The molecule has 0 bridgehead atoms. The van der Waals surface area contributed by atoms with Gasteiger partial charge in [0.2, 0.25) is 0 Å². The third kappa shape index (κ3) is 2.21.